The van der Waals surface area contributed by atoms with Gasteiger partial charge in [-0.3, -0.25) is 0 Å². The lowest BCUT2D eigenvalue weighted by atomic mass is 10.1. The van der Waals surface area contributed by atoms with Crippen molar-refractivity contribution in [1.29, 1.82) is 0 Å². The molecular formula is C9H16N2O. The number of aliphatic hydroxyl groups excluding tert-OH is 1. The first-order chi connectivity index (χ1) is 5.66. The minimum atomic E-state index is -0.402. The van der Waals surface area contributed by atoms with Gasteiger partial charge < -0.3 is 15.4 Å². The highest BCUT2D eigenvalue weighted by Gasteiger charge is 2.12. The molecule has 0 saturated carbocycles. The van der Waals surface area contributed by atoms with Crippen LogP contribution in [-0.2, 0) is 0 Å². The van der Waals surface area contributed by atoms with E-state index in [2.05, 4.69) is 10.3 Å². The summed E-state index contributed by atoms with van der Waals surface area (Å²) in [6.07, 6.45) is 1.52. The van der Waals surface area contributed by atoms with Crippen LogP contribution in [0.5, 0.6) is 0 Å². The minimum absolute atomic E-state index is 0.402. The molecule has 0 aliphatic heterocycles. The van der Waals surface area contributed by atoms with E-state index in [1.807, 2.05) is 27.1 Å². The van der Waals surface area contributed by atoms with E-state index in [0.717, 1.165) is 16.8 Å². The number of hydrogen-bond donors (Lipinski definition) is 3. The van der Waals surface area contributed by atoms with Gasteiger partial charge in [-0.2, -0.15) is 0 Å². The van der Waals surface area contributed by atoms with Crippen molar-refractivity contribution in [3.63, 3.8) is 0 Å². The van der Waals surface area contributed by atoms with Crippen LogP contribution in [0.25, 0.3) is 0 Å². The molecule has 1 rings (SSSR count). The predicted molar refractivity (Wildman–Crippen MR) is 49.2 cm³/mol. The number of rotatable bonds is 3. The zero-order valence-corrected chi connectivity index (χ0v) is 7.81. The third-order valence-corrected chi connectivity index (χ3v) is 2.06. The Morgan fingerprint density at radius 1 is 1.58 bits per heavy atom. The Hall–Kier alpha value is -0.800. The van der Waals surface area contributed by atoms with E-state index in [0.29, 0.717) is 6.54 Å². The first-order valence-corrected chi connectivity index (χ1v) is 4.14. The lowest BCUT2D eigenvalue weighted by Gasteiger charge is -2.10. The summed E-state index contributed by atoms with van der Waals surface area (Å²) in [6.45, 7) is 4.57. The van der Waals surface area contributed by atoms with Gasteiger partial charge in [-0.1, -0.05) is 0 Å². The number of aryl methyl sites for hydroxylation is 2. The Kier molecular flexibility index (Phi) is 2.89. The number of H-pyrrole nitrogens is 1. The van der Waals surface area contributed by atoms with Gasteiger partial charge in [-0.05, 0) is 26.5 Å². The maximum Gasteiger partial charge on any atom is 0.0933 e. The van der Waals surface area contributed by atoms with E-state index in [9.17, 15) is 5.11 Å². The standard InChI is InChI=1S/C9H16N2O/c1-6-4-11-7(2)9(6)8(12)5-10-3/h4,8,10-12H,5H2,1-3H3. The second-order valence-electron chi connectivity index (χ2n) is 3.08. The molecule has 0 aliphatic carbocycles. The fourth-order valence-corrected chi connectivity index (χ4v) is 1.48. The van der Waals surface area contributed by atoms with Crippen LogP contribution in [-0.4, -0.2) is 23.7 Å². The van der Waals surface area contributed by atoms with Crippen molar-refractivity contribution < 1.29 is 5.11 Å². The number of aromatic amines is 1. The highest BCUT2D eigenvalue weighted by atomic mass is 16.3. The second kappa shape index (κ2) is 3.74. The van der Waals surface area contributed by atoms with Crippen molar-refractivity contribution in [3.8, 4) is 0 Å². The van der Waals surface area contributed by atoms with Crippen molar-refractivity contribution in [2.24, 2.45) is 0 Å². The predicted octanol–water partition coefficient (Wildman–Crippen LogP) is 0.884. The van der Waals surface area contributed by atoms with Crippen molar-refractivity contribution >= 4 is 0 Å². The summed E-state index contributed by atoms with van der Waals surface area (Å²) >= 11 is 0. The molecule has 1 heterocycles. The van der Waals surface area contributed by atoms with E-state index in [1.165, 1.54) is 0 Å². The van der Waals surface area contributed by atoms with Gasteiger partial charge >= 0.3 is 0 Å². The Bertz CT molecular complexity index is 236. The van der Waals surface area contributed by atoms with Crippen LogP contribution >= 0.6 is 0 Å². The molecule has 3 N–H and O–H groups in total. The molecule has 68 valence electrons. The van der Waals surface area contributed by atoms with Gasteiger partial charge in [0.2, 0.25) is 0 Å². The van der Waals surface area contributed by atoms with Crippen molar-refractivity contribution in [2.75, 3.05) is 13.6 Å². The molecule has 3 nitrogen and oxygen atoms in total. The molecule has 0 radical (unpaired) electrons. The van der Waals surface area contributed by atoms with Crippen LogP contribution in [0.15, 0.2) is 6.20 Å². The Morgan fingerprint density at radius 3 is 2.67 bits per heavy atom. The molecular weight excluding hydrogens is 152 g/mol. The molecule has 0 aromatic carbocycles. The summed E-state index contributed by atoms with van der Waals surface area (Å²) in [5, 5.41) is 12.6. The quantitative estimate of drug-likeness (QED) is 0.627. The summed E-state index contributed by atoms with van der Waals surface area (Å²) in [6, 6.07) is 0. The van der Waals surface area contributed by atoms with E-state index in [4.69, 9.17) is 0 Å². The minimum Gasteiger partial charge on any atom is -0.387 e. The molecule has 0 bridgehead atoms. The molecule has 0 fully saturated rings. The first-order valence-electron chi connectivity index (χ1n) is 4.14. The number of aliphatic hydroxyl groups is 1. The second-order valence-corrected chi connectivity index (χ2v) is 3.08. The van der Waals surface area contributed by atoms with Gasteiger partial charge in [0.25, 0.3) is 0 Å². The third kappa shape index (κ3) is 1.68. The maximum absolute atomic E-state index is 9.69. The molecule has 1 atom stereocenters. The summed E-state index contributed by atoms with van der Waals surface area (Å²) < 4.78 is 0. The number of aromatic nitrogens is 1. The highest BCUT2D eigenvalue weighted by Crippen LogP contribution is 2.20. The van der Waals surface area contributed by atoms with Crippen LogP contribution in [0, 0.1) is 13.8 Å². The molecule has 0 saturated heterocycles. The number of hydrogen-bond acceptors (Lipinski definition) is 2. The smallest absolute Gasteiger partial charge is 0.0933 e. The van der Waals surface area contributed by atoms with Crippen LogP contribution in [0.1, 0.15) is 22.9 Å². The molecule has 12 heavy (non-hydrogen) atoms. The van der Waals surface area contributed by atoms with E-state index in [-0.39, 0.29) is 0 Å². The van der Waals surface area contributed by atoms with Crippen LogP contribution < -0.4 is 5.32 Å². The van der Waals surface area contributed by atoms with Gasteiger partial charge in [0.05, 0.1) is 6.10 Å². The normalized spacial score (nSPS) is 13.3. The molecule has 1 aromatic rings. The van der Waals surface area contributed by atoms with E-state index < -0.39 is 6.10 Å². The Balaban J connectivity index is 2.85. The monoisotopic (exact) mass is 168 g/mol. The molecule has 1 aromatic heterocycles. The Labute approximate surface area is 72.8 Å². The third-order valence-electron chi connectivity index (χ3n) is 2.06. The SMILES string of the molecule is CNCC(O)c1c(C)c[nH]c1C. The Morgan fingerprint density at radius 2 is 2.25 bits per heavy atom. The zero-order chi connectivity index (χ0) is 9.14. The van der Waals surface area contributed by atoms with E-state index >= 15 is 0 Å². The molecule has 0 aliphatic rings. The van der Waals surface area contributed by atoms with Crippen LogP contribution in [0.2, 0.25) is 0 Å². The molecule has 0 spiro atoms. The fourth-order valence-electron chi connectivity index (χ4n) is 1.48. The average Bonchev–Trinajstić information content (AvgIpc) is 2.32. The van der Waals surface area contributed by atoms with Crippen molar-refractivity contribution in [1.82, 2.24) is 10.3 Å². The summed E-state index contributed by atoms with van der Waals surface area (Å²) in [5.74, 6) is 0. The zero-order valence-electron chi connectivity index (χ0n) is 7.81. The van der Waals surface area contributed by atoms with Crippen LogP contribution in [0.3, 0.4) is 0 Å². The average molecular weight is 168 g/mol. The number of likely N-dealkylation sites (N-methyl/N-ethyl adjacent to an activating group) is 1. The summed E-state index contributed by atoms with van der Waals surface area (Å²) in [4.78, 5) is 3.09. The topological polar surface area (TPSA) is 48.0 Å². The van der Waals surface area contributed by atoms with Crippen LogP contribution in [0.4, 0.5) is 0 Å². The highest BCUT2D eigenvalue weighted by molar-refractivity contribution is 5.31. The molecule has 0 amide bonds. The van der Waals surface area contributed by atoms with E-state index in [1.54, 1.807) is 0 Å². The maximum atomic E-state index is 9.69. The largest absolute Gasteiger partial charge is 0.387 e. The lowest BCUT2D eigenvalue weighted by Crippen LogP contribution is -2.17. The molecule has 3 heteroatoms. The summed E-state index contributed by atoms with van der Waals surface area (Å²) in [7, 11) is 1.83. The fraction of sp³-hybridized carbons (Fsp3) is 0.556. The van der Waals surface area contributed by atoms with Gasteiger partial charge in [0.1, 0.15) is 0 Å². The van der Waals surface area contributed by atoms with Crippen molar-refractivity contribution in [3.05, 3.63) is 23.0 Å². The van der Waals surface area contributed by atoms with Gasteiger partial charge in [-0.15, -0.1) is 0 Å². The molecule has 1 unspecified atom stereocenters. The number of nitrogens with one attached hydrogen (secondary N) is 2. The van der Waals surface area contributed by atoms with Gasteiger partial charge in [0.15, 0.2) is 0 Å². The lowest BCUT2D eigenvalue weighted by molar-refractivity contribution is 0.176. The van der Waals surface area contributed by atoms with Gasteiger partial charge in [0, 0.05) is 24.0 Å². The summed E-state index contributed by atoms with van der Waals surface area (Å²) in [5.41, 5.74) is 3.19. The van der Waals surface area contributed by atoms with Crippen molar-refractivity contribution in [2.45, 2.75) is 20.0 Å². The van der Waals surface area contributed by atoms with Gasteiger partial charge in [-0.25, -0.2) is 0 Å². The first kappa shape index (κ1) is 9.29.